The Kier molecular flexibility index (Phi) is 8.91. The molecule has 0 saturated heterocycles. The van der Waals surface area contributed by atoms with Gasteiger partial charge in [0.15, 0.2) is 17.6 Å². The van der Waals surface area contributed by atoms with Crippen LogP contribution in [-0.2, 0) is 21.4 Å². The molecular weight excluding hydrogens is 538 g/mol. The van der Waals surface area contributed by atoms with Crippen LogP contribution in [0, 0.1) is 0 Å². The number of halogens is 1. The predicted molar refractivity (Wildman–Crippen MR) is 149 cm³/mol. The van der Waals surface area contributed by atoms with Gasteiger partial charge in [0.25, 0.3) is 5.56 Å². The smallest absolute Gasteiger partial charge is 0.347 e. The third-order valence-corrected chi connectivity index (χ3v) is 5.95. The van der Waals surface area contributed by atoms with Gasteiger partial charge in [0, 0.05) is 15.5 Å². The number of rotatable bonds is 9. The molecule has 0 radical (unpaired) electrons. The quantitative estimate of drug-likeness (QED) is 0.194. The van der Waals surface area contributed by atoms with Crippen molar-refractivity contribution in [3.05, 3.63) is 74.8 Å². The first-order valence-electron chi connectivity index (χ1n) is 11.9. The van der Waals surface area contributed by atoms with E-state index in [1.165, 1.54) is 11.8 Å². The van der Waals surface area contributed by atoms with Gasteiger partial charge in [-0.2, -0.15) is 9.78 Å². The Labute approximate surface area is 225 Å². The van der Waals surface area contributed by atoms with Crippen LogP contribution < -0.4 is 15.0 Å². The van der Waals surface area contributed by atoms with E-state index in [4.69, 9.17) is 19.2 Å². The third kappa shape index (κ3) is 6.46. The number of hydrogen-bond donors (Lipinski definition) is 0. The zero-order chi connectivity index (χ0) is 27.3. The SMILES string of the molecule is C=CCc1cc(C=Nn2c(C(C)(C)C)nc3ccc(Br)cc3c2=O)cc(OC)c1O[C@H](C)C(=O)OCC. The van der Waals surface area contributed by atoms with E-state index in [2.05, 4.69) is 27.6 Å². The molecule has 3 rings (SSSR count). The predicted octanol–water partition coefficient (Wildman–Crippen LogP) is 5.41. The number of methoxy groups -OCH3 is 1. The van der Waals surface area contributed by atoms with E-state index in [1.807, 2.05) is 39.0 Å². The monoisotopic (exact) mass is 569 g/mol. The van der Waals surface area contributed by atoms with Crippen LogP contribution in [0.1, 0.15) is 51.6 Å². The Hall–Kier alpha value is -3.46. The number of nitrogens with zero attached hydrogens (tertiary/aromatic N) is 3. The highest BCUT2D eigenvalue weighted by atomic mass is 79.9. The van der Waals surface area contributed by atoms with Crippen molar-refractivity contribution < 1.29 is 19.0 Å². The highest BCUT2D eigenvalue weighted by Crippen LogP contribution is 2.34. The largest absolute Gasteiger partial charge is 0.493 e. The van der Waals surface area contributed by atoms with Gasteiger partial charge in [-0.1, -0.05) is 42.8 Å². The van der Waals surface area contributed by atoms with Gasteiger partial charge in [-0.3, -0.25) is 4.79 Å². The van der Waals surface area contributed by atoms with Crippen LogP contribution in [0.3, 0.4) is 0 Å². The lowest BCUT2D eigenvalue weighted by molar-refractivity contribution is -0.150. The summed E-state index contributed by atoms with van der Waals surface area (Å²) >= 11 is 3.43. The number of esters is 1. The molecule has 1 aromatic heterocycles. The van der Waals surface area contributed by atoms with Gasteiger partial charge in [-0.15, -0.1) is 6.58 Å². The lowest BCUT2D eigenvalue weighted by Gasteiger charge is -2.21. The minimum Gasteiger partial charge on any atom is -0.493 e. The number of benzene rings is 2. The van der Waals surface area contributed by atoms with Crippen LogP contribution in [0.25, 0.3) is 10.9 Å². The van der Waals surface area contributed by atoms with E-state index in [0.29, 0.717) is 40.2 Å². The molecule has 37 heavy (non-hydrogen) atoms. The summed E-state index contributed by atoms with van der Waals surface area (Å²) in [4.78, 5) is 30.3. The molecule has 0 N–H and O–H groups in total. The molecule has 0 aliphatic heterocycles. The second-order valence-corrected chi connectivity index (χ2v) is 10.3. The van der Waals surface area contributed by atoms with Gasteiger partial charge in [-0.25, -0.2) is 9.78 Å². The van der Waals surface area contributed by atoms with Gasteiger partial charge < -0.3 is 14.2 Å². The average molecular weight is 570 g/mol. The second-order valence-electron chi connectivity index (χ2n) is 9.42. The number of carbonyl (C=O) groups excluding carboxylic acids is 1. The number of aromatic nitrogens is 2. The minimum atomic E-state index is -0.826. The summed E-state index contributed by atoms with van der Waals surface area (Å²) in [6.07, 6.45) is 2.94. The standard InChI is InChI=1S/C28H32BrN3O5/c1-8-10-19-13-18(14-23(35-7)24(19)37-17(3)26(34)36-9-2)16-30-32-25(33)21-15-20(29)11-12-22(21)31-27(32)28(4,5)6/h8,11-17H,1,9-10H2,2-7H3/t17-/m1/s1. The van der Waals surface area contributed by atoms with Crippen LogP contribution in [-0.4, -0.2) is 41.7 Å². The number of hydrogen-bond acceptors (Lipinski definition) is 7. The fourth-order valence-corrected chi connectivity index (χ4v) is 4.06. The van der Waals surface area contributed by atoms with Crippen LogP contribution in [0.4, 0.5) is 0 Å². The van der Waals surface area contributed by atoms with E-state index < -0.39 is 17.5 Å². The molecule has 3 aromatic rings. The highest BCUT2D eigenvalue weighted by Gasteiger charge is 2.24. The zero-order valence-electron chi connectivity index (χ0n) is 22.0. The number of allylic oxidation sites excluding steroid dienone is 1. The summed E-state index contributed by atoms with van der Waals surface area (Å²) in [7, 11) is 1.52. The summed E-state index contributed by atoms with van der Waals surface area (Å²) in [5.41, 5.74) is 1.32. The topological polar surface area (TPSA) is 92.0 Å². The van der Waals surface area contributed by atoms with E-state index >= 15 is 0 Å². The molecule has 9 heteroatoms. The summed E-state index contributed by atoms with van der Waals surface area (Å²) in [6.45, 7) is 13.4. The maximum Gasteiger partial charge on any atom is 0.347 e. The van der Waals surface area contributed by atoms with Crippen LogP contribution in [0.15, 0.2) is 57.4 Å². The highest BCUT2D eigenvalue weighted by molar-refractivity contribution is 9.10. The molecule has 1 atom stereocenters. The van der Waals surface area contributed by atoms with Gasteiger partial charge in [0.1, 0.15) is 5.82 Å². The first kappa shape index (κ1) is 28.1. The Morgan fingerprint density at radius 3 is 2.62 bits per heavy atom. The number of ether oxygens (including phenoxy) is 3. The van der Waals surface area contributed by atoms with Crippen molar-refractivity contribution in [1.82, 2.24) is 9.66 Å². The summed E-state index contributed by atoms with van der Waals surface area (Å²) in [5.74, 6) is 0.903. The fraction of sp³-hybridized carbons (Fsp3) is 0.357. The fourth-order valence-electron chi connectivity index (χ4n) is 3.70. The van der Waals surface area contributed by atoms with Crippen molar-refractivity contribution in [1.29, 1.82) is 0 Å². The molecule has 0 amide bonds. The molecule has 1 heterocycles. The molecule has 0 fully saturated rings. The first-order chi connectivity index (χ1) is 17.5. The summed E-state index contributed by atoms with van der Waals surface area (Å²) < 4.78 is 18.7. The molecule has 0 aliphatic rings. The summed E-state index contributed by atoms with van der Waals surface area (Å²) in [6, 6.07) is 9.00. The van der Waals surface area contributed by atoms with Crippen molar-refractivity contribution in [2.45, 2.75) is 52.6 Å². The first-order valence-corrected chi connectivity index (χ1v) is 12.7. The maximum atomic E-state index is 13.4. The molecular formula is C28H32BrN3O5. The van der Waals surface area contributed by atoms with Crippen LogP contribution in [0.2, 0.25) is 0 Å². The van der Waals surface area contributed by atoms with Gasteiger partial charge in [0.05, 0.1) is 30.8 Å². The van der Waals surface area contributed by atoms with Gasteiger partial charge in [0.2, 0.25) is 0 Å². The molecule has 0 saturated carbocycles. The molecule has 0 bridgehead atoms. The van der Waals surface area contributed by atoms with Crippen molar-refractivity contribution in [2.75, 3.05) is 13.7 Å². The minimum absolute atomic E-state index is 0.259. The van der Waals surface area contributed by atoms with Crippen molar-refractivity contribution >= 4 is 39.0 Å². The van der Waals surface area contributed by atoms with Crippen molar-refractivity contribution in [3.8, 4) is 11.5 Å². The second kappa shape index (κ2) is 11.7. The summed E-state index contributed by atoms with van der Waals surface area (Å²) in [5, 5.41) is 5.01. The van der Waals surface area contributed by atoms with Gasteiger partial charge >= 0.3 is 5.97 Å². The third-order valence-electron chi connectivity index (χ3n) is 5.45. The zero-order valence-corrected chi connectivity index (χ0v) is 23.6. The lowest BCUT2D eigenvalue weighted by Crippen LogP contribution is -2.29. The van der Waals surface area contributed by atoms with E-state index in [0.717, 1.165) is 10.0 Å². The molecule has 196 valence electrons. The van der Waals surface area contributed by atoms with Crippen molar-refractivity contribution in [2.24, 2.45) is 5.10 Å². The average Bonchev–Trinajstić information content (AvgIpc) is 2.84. The molecule has 0 spiro atoms. The lowest BCUT2D eigenvalue weighted by atomic mass is 9.95. The molecule has 2 aromatic carbocycles. The molecule has 0 aliphatic carbocycles. The maximum absolute atomic E-state index is 13.4. The van der Waals surface area contributed by atoms with E-state index in [1.54, 1.807) is 38.3 Å². The van der Waals surface area contributed by atoms with E-state index in [9.17, 15) is 9.59 Å². The van der Waals surface area contributed by atoms with Gasteiger partial charge in [-0.05, 0) is 56.2 Å². The number of carbonyl (C=O) groups is 1. The Balaban J connectivity index is 2.12. The number of fused-ring (bicyclic) bond motifs is 1. The Morgan fingerprint density at radius 2 is 2.00 bits per heavy atom. The normalized spacial score (nSPS) is 12.5. The van der Waals surface area contributed by atoms with E-state index in [-0.39, 0.29) is 12.2 Å². The Morgan fingerprint density at radius 1 is 1.27 bits per heavy atom. The molecule has 8 nitrogen and oxygen atoms in total. The Bertz CT molecular complexity index is 1410. The van der Waals surface area contributed by atoms with Crippen LogP contribution in [0.5, 0.6) is 11.5 Å². The molecule has 0 unspecified atom stereocenters. The van der Waals surface area contributed by atoms with Crippen LogP contribution >= 0.6 is 15.9 Å². The van der Waals surface area contributed by atoms with Crippen molar-refractivity contribution in [3.63, 3.8) is 0 Å².